The molecule has 11 heteroatoms. The molecule has 27 heavy (non-hydrogen) atoms. The van der Waals surface area contributed by atoms with Crippen LogP contribution in [-0.4, -0.2) is 64.0 Å². The number of hydrogen-bond donors (Lipinski definition) is 1. The molecule has 0 spiro atoms. The smallest absolute Gasteiger partial charge is 0.371 e. The van der Waals surface area contributed by atoms with Crippen molar-refractivity contribution in [3.63, 3.8) is 0 Å². The lowest BCUT2D eigenvalue weighted by molar-refractivity contribution is -0.133. The van der Waals surface area contributed by atoms with Crippen LogP contribution in [0, 0.1) is 0 Å². The van der Waals surface area contributed by atoms with Gasteiger partial charge >= 0.3 is 5.97 Å². The van der Waals surface area contributed by atoms with E-state index in [0.717, 1.165) is 22.0 Å². The van der Waals surface area contributed by atoms with E-state index in [1.807, 2.05) is 0 Å². The molecule has 0 bridgehead atoms. The molecule has 2 aromatic heterocycles. The van der Waals surface area contributed by atoms with Gasteiger partial charge in [-0.25, -0.2) is 13.2 Å². The Bertz CT molecular complexity index is 963. The molecule has 1 N–H and O–H groups in total. The first-order valence-electron chi connectivity index (χ1n) is 8.27. The molecule has 1 atom stereocenters. The number of carbonyl (C=O) groups is 2. The van der Waals surface area contributed by atoms with Crippen molar-refractivity contribution < 1.29 is 27.5 Å². The Morgan fingerprint density at radius 1 is 1.41 bits per heavy atom. The number of aryl methyl sites for hydroxylation is 1. The fraction of sp³-hybridized carbons (Fsp3) is 0.438. The lowest BCUT2D eigenvalue weighted by Crippen LogP contribution is -2.46. The maximum absolute atomic E-state index is 12.8. The van der Waals surface area contributed by atoms with Crippen molar-refractivity contribution in [2.75, 3.05) is 13.6 Å². The van der Waals surface area contributed by atoms with Gasteiger partial charge in [-0.1, -0.05) is 0 Å². The minimum atomic E-state index is -4.11. The molecule has 10 nitrogen and oxygen atoms in total. The number of likely N-dealkylation sites (N-methyl/N-ethyl adjacent to an activating group) is 1. The molecule has 1 amide bonds. The van der Waals surface area contributed by atoms with Gasteiger partial charge < -0.3 is 14.4 Å². The summed E-state index contributed by atoms with van der Waals surface area (Å²) < 4.78 is 33.3. The molecule has 2 aromatic rings. The fourth-order valence-electron chi connectivity index (χ4n) is 3.12. The number of aromatic carboxylic acids is 1. The molecule has 0 aromatic carbocycles. The average molecular weight is 396 g/mol. The minimum absolute atomic E-state index is 0.169. The van der Waals surface area contributed by atoms with E-state index < -0.39 is 32.9 Å². The SMILES string of the molecule is CN(Cc1cnn(C)c1)C(=O)C1CCCN1S(=O)(=O)c1ccc(C(=O)O)o1. The monoisotopic (exact) mass is 396 g/mol. The van der Waals surface area contributed by atoms with Crippen molar-refractivity contribution in [1.82, 2.24) is 19.0 Å². The molecule has 1 unspecified atom stereocenters. The molecular formula is C16H20N4O6S. The normalized spacial score (nSPS) is 17.9. The van der Waals surface area contributed by atoms with Crippen molar-refractivity contribution in [1.29, 1.82) is 0 Å². The molecule has 3 heterocycles. The van der Waals surface area contributed by atoms with Gasteiger partial charge in [-0.2, -0.15) is 9.40 Å². The predicted molar refractivity (Wildman–Crippen MR) is 92.3 cm³/mol. The summed E-state index contributed by atoms with van der Waals surface area (Å²) in [5, 5.41) is 12.5. The van der Waals surface area contributed by atoms with E-state index in [4.69, 9.17) is 9.52 Å². The third-order valence-corrected chi connectivity index (χ3v) is 6.18. The maximum Gasteiger partial charge on any atom is 0.371 e. The summed E-state index contributed by atoms with van der Waals surface area (Å²) in [4.78, 5) is 25.2. The summed E-state index contributed by atoms with van der Waals surface area (Å²) in [7, 11) is -0.734. The van der Waals surface area contributed by atoms with Gasteiger partial charge in [0.2, 0.25) is 16.8 Å². The number of sulfonamides is 1. The average Bonchev–Trinajstić information content (AvgIpc) is 3.34. The van der Waals surface area contributed by atoms with Gasteiger partial charge in [-0.15, -0.1) is 0 Å². The lowest BCUT2D eigenvalue weighted by Gasteiger charge is -2.26. The molecule has 1 saturated heterocycles. The quantitative estimate of drug-likeness (QED) is 0.754. The lowest BCUT2D eigenvalue weighted by atomic mass is 10.2. The summed E-state index contributed by atoms with van der Waals surface area (Å²) in [6.07, 6.45) is 4.34. The summed E-state index contributed by atoms with van der Waals surface area (Å²) in [5.74, 6) is -2.16. The second-order valence-electron chi connectivity index (χ2n) is 6.41. The van der Waals surface area contributed by atoms with Gasteiger partial charge in [0.1, 0.15) is 6.04 Å². The molecular weight excluding hydrogens is 376 g/mol. The highest BCUT2D eigenvalue weighted by Crippen LogP contribution is 2.28. The summed E-state index contributed by atoms with van der Waals surface area (Å²) >= 11 is 0. The standard InChI is InChI=1S/C16H20N4O6S/c1-18(9-11-8-17-19(2)10-11)15(21)12-4-3-7-20(12)27(24,25)14-6-5-13(26-14)16(22)23/h5-6,8,10,12H,3-4,7,9H2,1-2H3,(H,22,23). The second-order valence-corrected chi connectivity index (χ2v) is 8.24. The van der Waals surface area contributed by atoms with Crippen LogP contribution in [-0.2, 0) is 28.4 Å². The van der Waals surface area contributed by atoms with E-state index >= 15 is 0 Å². The number of carbonyl (C=O) groups excluding carboxylic acids is 1. The zero-order chi connectivity index (χ0) is 19.8. The number of furan rings is 1. The maximum atomic E-state index is 12.8. The zero-order valence-electron chi connectivity index (χ0n) is 14.9. The van der Waals surface area contributed by atoms with Crippen LogP contribution in [0.1, 0.15) is 29.0 Å². The predicted octanol–water partition coefficient (Wildman–Crippen LogP) is 0.523. The van der Waals surface area contributed by atoms with Crippen LogP contribution in [0.3, 0.4) is 0 Å². The first-order chi connectivity index (χ1) is 12.7. The number of rotatable bonds is 6. The van der Waals surface area contributed by atoms with E-state index in [-0.39, 0.29) is 12.5 Å². The van der Waals surface area contributed by atoms with Crippen molar-refractivity contribution in [2.24, 2.45) is 7.05 Å². The van der Waals surface area contributed by atoms with E-state index in [2.05, 4.69) is 5.10 Å². The topological polar surface area (TPSA) is 126 Å². The summed E-state index contributed by atoms with van der Waals surface area (Å²) in [5.41, 5.74) is 0.831. The Hall–Kier alpha value is -2.66. The minimum Gasteiger partial charge on any atom is -0.475 e. The van der Waals surface area contributed by atoms with Gasteiger partial charge in [0.15, 0.2) is 0 Å². The number of nitrogens with zero attached hydrogens (tertiary/aromatic N) is 4. The van der Waals surface area contributed by atoms with Crippen LogP contribution < -0.4 is 0 Å². The highest BCUT2D eigenvalue weighted by Gasteiger charge is 2.42. The first kappa shape index (κ1) is 19.1. The number of carboxylic acid groups (broad SMARTS) is 1. The largest absolute Gasteiger partial charge is 0.475 e. The van der Waals surface area contributed by atoms with Gasteiger partial charge in [-0.05, 0) is 25.0 Å². The van der Waals surface area contributed by atoms with Crippen LogP contribution in [0.2, 0.25) is 0 Å². The van der Waals surface area contributed by atoms with Gasteiger partial charge in [0.25, 0.3) is 10.0 Å². The number of aromatic nitrogens is 2. The Kier molecular flexibility index (Phi) is 5.07. The molecule has 146 valence electrons. The molecule has 0 aliphatic carbocycles. The van der Waals surface area contributed by atoms with E-state index in [1.165, 1.54) is 4.90 Å². The molecule has 1 aliphatic rings. The van der Waals surface area contributed by atoms with Crippen molar-refractivity contribution in [2.45, 2.75) is 30.5 Å². The van der Waals surface area contributed by atoms with Gasteiger partial charge in [0, 0.05) is 38.9 Å². The second kappa shape index (κ2) is 7.16. The molecule has 1 aliphatic heterocycles. The highest BCUT2D eigenvalue weighted by molar-refractivity contribution is 7.89. The van der Waals surface area contributed by atoms with Crippen molar-refractivity contribution in [3.05, 3.63) is 35.9 Å². The van der Waals surface area contributed by atoms with Crippen LogP contribution >= 0.6 is 0 Å². The zero-order valence-corrected chi connectivity index (χ0v) is 15.7. The number of hydrogen-bond acceptors (Lipinski definition) is 6. The number of amides is 1. The fourth-order valence-corrected chi connectivity index (χ4v) is 4.69. The molecule has 1 fully saturated rings. The highest BCUT2D eigenvalue weighted by atomic mass is 32.2. The van der Waals surface area contributed by atoms with Gasteiger partial charge in [0.05, 0.1) is 6.20 Å². The Balaban J connectivity index is 1.78. The van der Waals surface area contributed by atoms with Crippen molar-refractivity contribution >= 4 is 21.9 Å². The van der Waals surface area contributed by atoms with Gasteiger partial charge in [-0.3, -0.25) is 9.48 Å². The third kappa shape index (κ3) is 3.74. The van der Waals surface area contributed by atoms with Crippen LogP contribution in [0.25, 0.3) is 0 Å². The third-order valence-electron chi connectivity index (χ3n) is 4.40. The summed E-state index contributed by atoms with van der Waals surface area (Å²) in [6, 6.07) is 1.32. The Morgan fingerprint density at radius 3 is 2.74 bits per heavy atom. The van der Waals surface area contributed by atoms with Crippen LogP contribution in [0.4, 0.5) is 0 Å². The molecule has 3 rings (SSSR count). The first-order valence-corrected chi connectivity index (χ1v) is 9.71. The number of carboxylic acids is 1. The molecule has 0 radical (unpaired) electrons. The molecule has 0 saturated carbocycles. The van der Waals surface area contributed by atoms with Crippen LogP contribution in [0.15, 0.2) is 34.0 Å². The van der Waals surface area contributed by atoms with Crippen molar-refractivity contribution in [3.8, 4) is 0 Å². The van der Waals surface area contributed by atoms with E-state index in [9.17, 15) is 18.0 Å². The van der Waals surface area contributed by atoms with E-state index in [1.54, 1.807) is 31.2 Å². The van der Waals surface area contributed by atoms with E-state index in [0.29, 0.717) is 19.4 Å². The summed E-state index contributed by atoms with van der Waals surface area (Å²) in [6.45, 7) is 0.476. The Labute approximate surface area is 156 Å². The van der Waals surface area contributed by atoms with Crippen LogP contribution in [0.5, 0.6) is 0 Å². The Morgan fingerprint density at radius 2 is 2.15 bits per heavy atom.